The monoisotopic (exact) mass is 328 g/mol. The highest BCUT2D eigenvalue weighted by Crippen LogP contribution is 2.15. The maximum absolute atomic E-state index is 12.0. The van der Waals surface area contributed by atoms with E-state index in [2.05, 4.69) is 12.2 Å². The molecule has 0 aromatic heterocycles. The Balaban J connectivity index is 2.28. The number of aliphatic hydroxyl groups excluding tert-OH is 2. The molecule has 1 aliphatic rings. The zero-order chi connectivity index (χ0) is 17.2. The molecule has 1 saturated heterocycles. The number of carbonyl (C=O) groups excluding carboxylic acids is 2. The van der Waals surface area contributed by atoms with E-state index >= 15 is 0 Å². The summed E-state index contributed by atoms with van der Waals surface area (Å²) in [5.41, 5.74) is 0. The van der Waals surface area contributed by atoms with Gasteiger partial charge < -0.3 is 20.4 Å². The van der Waals surface area contributed by atoms with Gasteiger partial charge in [-0.25, -0.2) is 0 Å². The molecule has 0 spiro atoms. The number of aliphatic hydroxyl groups is 2. The molecule has 0 aromatic rings. The van der Waals surface area contributed by atoms with Gasteiger partial charge in [0, 0.05) is 20.0 Å². The van der Waals surface area contributed by atoms with Crippen LogP contribution < -0.4 is 5.32 Å². The van der Waals surface area contributed by atoms with Crippen LogP contribution in [0.1, 0.15) is 65.2 Å². The molecule has 2 amide bonds. The summed E-state index contributed by atoms with van der Waals surface area (Å²) in [6.45, 7) is 4.38. The minimum Gasteiger partial charge on any atom is -0.388 e. The molecule has 134 valence electrons. The van der Waals surface area contributed by atoms with E-state index in [1.165, 1.54) is 39.0 Å². The summed E-state index contributed by atoms with van der Waals surface area (Å²) in [6.07, 6.45) is 6.75. The molecule has 6 heteroatoms. The first kappa shape index (κ1) is 19.9. The Morgan fingerprint density at radius 3 is 2.26 bits per heavy atom. The van der Waals surface area contributed by atoms with Crippen LogP contribution in [0.25, 0.3) is 0 Å². The van der Waals surface area contributed by atoms with Gasteiger partial charge in [-0.1, -0.05) is 51.9 Å². The molecule has 0 aliphatic carbocycles. The lowest BCUT2D eigenvalue weighted by atomic mass is 9.98. The third kappa shape index (κ3) is 6.87. The smallest absolute Gasteiger partial charge is 0.254 e. The molecule has 0 saturated carbocycles. The molecule has 6 nitrogen and oxygen atoms in total. The summed E-state index contributed by atoms with van der Waals surface area (Å²) < 4.78 is 0. The Kier molecular flexibility index (Phi) is 9.17. The van der Waals surface area contributed by atoms with Crippen LogP contribution in [0.3, 0.4) is 0 Å². The fourth-order valence-corrected chi connectivity index (χ4v) is 3.02. The van der Waals surface area contributed by atoms with E-state index in [1.807, 2.05) is 0 Å². The third-order valence-electron chi connectivity index (χ3n) is 4.39. The molecule has 1 heterocycles. The van der Waals surface area contributed by atoms with Crippen LogP contribution in [0.2, 0.25) is 0 Å². The third-order valence-corrected chi connectivity index (χ3v) is 4.39. The summed E-state index contributed by atoms with van der Waals surface area (Å²) >= 11 is 0. The lowest BCUT2D eigenvalue weighted by Crippen LogP contribution is -2.63. The number of carbonyl (C=O) groups is 2. The zero-order valence-corrected chi connectivity index (χ0v) is 14.5. The molecule has 3 atom stereocenters. The number of amides is 2. The lowest BCUT2D eigenvalue weighted by molar-refractivity contribution is -0.156. The van der Waals surface area contributed by atoms with E-state index in [9.17, 15) is 19.8 Å². The van der Waals surface area contributed by atoms with Crippen molar-refractivity contribution < 1.29 is 19.8 Å². The number of unbranched alkanes of at least 4 members (excludes halogenated alkanes) is 7. The molecule has 1 rings (SSSR count). The van der Waals surface area contributed by atoms with E-state index in [4.69, 9.17) is 0 Å². The maximum Gasteiger partial charge on any atom is 0.254 e. The largest absolute Gasteiger partial charge is 0.388 e. The molecule has 1 fully saturated rings. The van der Waals surface area contributed by atoms with Crippen molar-refractivity contribution in [1.82, 2.24) is 10.2 Å². The second-order valence-electron chi connectivity index (χ2n) is 6.50. The Hall–Kier alpha value is -1.14. The van der Waals surface area contributed by atoms with E-state index in [1.54, 1.807) is 4.90 Å². The first-order chi connectivity index (χ1) is 11.0. The minimum absolute atomic E-state index is 0.257. The number of hydrogen-bond acceptors (Lipinski definition) is 4. The molecular weight excluding hydrogens is 296 g/mol. The van der Waals surface area contributed by atoms with Crippen LogP contribution in [0.4, 0.5) is 0 Å². The predicted octanol–water partition coefficient (Wildman–Crippen LogP) is 1.20. The van der Waals surface area contributed by atoms with Gasteiger partial charge in [0.05, 0.1) is 6.04 Å². The maximum atomic E-state index is 12.0. The fraction of sp³-hybridized carbons (Fsp3) is 0.882. The van der Waals surface area contributed by atoms with Gasteiger partial charge in [0.25, 0.3) is 5.91 Å². The minimum atomic E-state index is -1.45. The van der Waals surface area contributed by atoms with Crippen molar-refractivity contribution in [1.29, 1.82) is 0 Å². The van der Waals surface area contributed by atoms with Gasteiger partial charge in [0.15, 0.2) is 6.10 Å². The number of likely N-dealkylation sites (tertiary alicyclic amines) is 1. The van der Waals surface area contributed by atoms with Crippen molar-refractivity contribution in [2.24, 2.45) is 0 Å². The molecule has 0 unspecified atom stereocenters. The van der Waals surface area contributed by atoms with E-state index < -0.39 is 24.2 Å². The Morgan fingerprint density at radius 2 is 1.70 bits per heavy atom. The summed E-state index contributed by atoms with van der Waals surface area (Å²) in [7, 11) is 0. The van der Waals surface area contributed by atoms with Crippen LogP contribution in [0.5, 0.6) is 0 Å². The molecule has 3 N–H and O–H groups in total. The van der Waals surface area contributed by atoms with Crippen molar-refractivity contribution in [2.75, 3.05) is 13.1 Å². The van der Waals surface area contributed by atoms with Gasteiger partial charge in [-0.3, -0.25) is 9.59 Å². The van der Waals surface area contributed by atoms with Crippen LogP contribution in [-0.2, 0) is 9.59 Å². The number of nitrogens with one attached hydrogen (secondary N) is 1. The van der Waals surface area contributed by atoms with E-state index in [0.29, 0.717) is 6.54 Å². The Morgan fingerprint density at radius 1 is 1.13 bits per heavy atom. The van der Waals surface area contributed by atoms with Crippen molar-refractivity contribution in [3.05, 3.63) is 0 Å². The lowest BCUT2D eigenvalue weighted by Gasteiger charge is -2.39. The standard InChI is InChI=1S/C17H32N2O4/c1-3-4-5-6-7-8-9-10-11-19-12-14(18-13(2)20)15(21)16(22)17(19)23/h14-16,21-22H,3-12H2,1-2H3,(H,18,20)/t14-,15+,16-/m0/s1. The van der Waals surface area contributed by atoms with Crippen LogP contribution in [0.15, 0.2) is 0 Å². The van der Waals surface area contributed by atoms with Crippen molar-refractivity contribution in [2.45, 2.75) is 83.5 Å². The fourth-order valence-electron chi connectivity index (χ4n) is 3.02. The zero-order valence-electron chi connectivity index (χ0n) is 14.5. The topological polar surface area (TPSA) is 89.9 Å². The highest BCUT2D eigenvalue weighted by Gasteiger charge is 2.40. The molecular formula is C17H32N2O4. The van der Waals surface area contributed by atoms with Gasteiger partial charge in [-0.05, 0) is 6.42 Å². The highest BCUT2D eigenvalue weighted by atomic mass is 16.3. The molecule has 23 heavy (non-hydrogen) atoms. The quantitative estimate of drug-likeness (QED) is 0.526. The Labute approximate surface area is 139 Å². The van der Waals surface area contributed by atoms with Crippen molar-refractivity contribution >= 4 is 11.8 Å². The van der Waals surface area contributed by atoms with Gasteiger partial charge in [0.1, 0.15) is 6.10 Å². The second-order valence-corrected chi connectivity index (χ2v) is 6.50. The van der Waals surface area contributed by atoms with Crippen molar-refractivity contribution in [3.8, 4) is 0 Å². The molecule has 0 radical (unpaired) electrons. The molecule has 1 aliphatic heterocycles. The first-order valence-corrected chi connectivity index (χ1v) is 8.89. The van der Waals surface area contributed by atoms with Crippen molar-refractivity contribution in [3.63, 3.8) is 0 Å². The number of nitrogens with zero attached hydrogens (tertiary/aromatic N) is 1. The SMILES string of the molecule is CCCCCCCCCCN1C[C@H](NC(C)=O)[C@@H](O)[C@H](O)C1=O. The predicted molar refractivity (Wildman–Crippen MR) is 88.8 cm³/mol. The van der Waals surface area contributed by atoms with Gasteiger partial charge in [0.2, 0.25) is 5.91 Å². The Bertz CT molecular complexity index is 376. The number of rotatable bonds is 10. The number of piperidine rings is 1. The van der Waals surface area contributed by atoms with Crippen LogP contribution in [0, 0.1) is 0 Å². The summed E-state index contributed by atoms with van der Waals surface area (Å²) in [5.74, 6) is -0.718. The molecule has 0 aromatic carbocycles. The van der Waals surface area contributed by atoms with Crippen LogP contribution in [-0.4, -0.2) is 58.3 Å². The summed E-state index contributed by atoms with van der Waals surface area (Å²) in [5, 5.41) is 22.3. The van der Waals surface area contributed by atoms with Gasteiger partial charge >= 0.3 is 0 Å². The average molecular weight is 328 g/mol. The second kappa shape index (κ2) is 10.6. The normalized spacial score (nSPS) is 24.8. The highest BCUT2D eigenvalue weighted by molar-refractivity contribution is 5.83. The van der Waals surface area contributed by atoms with E-state index in [0.717, 1.165) is 19.3 Å². The first-order valence-electron chi connectivity index (χ1n) is 8.89. The summed E-state index contributed by atoms with van der Waals surface area (Å²) in [4.78, 5) is 24.7. The summed E-state index contributed by atoms with van der Waals surface area (Å²) in [6, 6.07) is -0.603. The van der Waals surface area contributed by atoms with Gasteiger partial charge in [-0.2, -0.15) is 0 Å². The van der Waals surface area contributed by atoms with Gasteiger partial charge in [-0.15, -0.1) is 0 Å². The molecule has 0 bridgehead atoms. The van der Waals surface area contributed by atoms with Crippen LogP contribution >= 0.6 is 0 Å². The average Bonchev–Trinajstić information content (AvgIpc) is 2.51. The van der Waals surface area contributed by atoms with E-state index in [-0.39, 0.29) is 12.5 Å². The number of hydrogen-bond donors (Lipinski definition) is 3.